The van der Waals surface area contributed by atoms with Gasteiger partial charge in [-0.05, 0) is 30.7 Å². The first kappa shape index (κ1) is 10.3. The standard InChI is InChI=1S/C8H7N3O2S/c1-5-2-3-6(14-5)4-7(8(12)13)10-11-9/h2-4H,1H3,(H,12,13)/b7-4-. The number of aliphatic carboxylic acids is 1. The number of thiophene rings is 1. The van der Waals surface area contributed by atoms with Crippen LogP contribution in [0.3, 0.4) is 0 Å². The van der Waals surface area contributed by atoms with E-state index < -0.39 is 5.97 Å². The summed E-state index contributed by atoms with van der Waals surface area (Å²) in [6.07, 6.45) is 1.35. The molecule has 0 spiro atoms. The van der Waals surface area contributed by atoms with Gasteiger partial charge in [0.05, 0.1) is 0 Å². The van der Waals surface area contributed by atoms with Crippen LogP contribution in [0.5, 0.6) is 0 Å². The molecule has 0 aliphatic carbocycles. The second-order valence-electron chi connectivity index (χ2n) is 2.47. The van der Waals surface area contributed by atoms with E-state index >= 15 is 0 Å². The number of rotatable bonds is 3. The van der Waals surface area contributed by atoms with Crippen molar-refractivity contribution in [2.45, 2.75) is 6.92 Å². The third-order valence-electron chi connectivity index (χ3n) is 1.41. The smallest absolute Gasteiger partial charge is 0.338 e. The zero-order valence-electron chi connectivity index (χ0n) is 7.34. The summed E-state index contributed by atoms with van der Waals surface area (Å²) in [6.45, 7) is 1.91. The maximum Gasteiger partial charge on any atom is 0.338 e. The Morgan fingerprint density at radius 1 is 1.71 bits per heavy atom. The van der Waals surface area contributed by atoms with Crippen LogP contribution < -0.4 is 0 Å². The maximum absolute atomic E-state index is 10.6. The van der Waals surface area contributed by atoms with Crippen LogP contribution in [-0.4, -0.2) is 11.1 Å². The topological polar surface area (TPSA) is 86.1 Å². The van der Waals surface area contributed by atoms with Crippen molar-refractivity contribution in [1.29, 1.82) is 0 Å². The lowest BCUT2D eigenvalue weighted by Gasteiger charge is -1.90. The quantitative estimate of drug-likeness (QED) is 0.359. The van der Waals surface area contributed by atoms with Gasteiger partial charge < -0.3 is 5.11 Å². The van der Waals surface area contributed by atoms with Crippen LogP contribution in [-0.2, 0) is 4.79 Å². The number of carbonyl (C=O) groups is 1. The van der Waals surface area contributed by atoms with Gasteiger partial charge in [-0.25, -0.2) is 4.79 Å². The van der Waals surface area contributed by atoms with E-state index in [1.165, 1.54) is 17.4 Å². The highest BCUT2D eigenvalue weighted by Crippen LogP contribution is 2.18. The van der Waals surface area contributed by atoms with Crippen LogP contribution in [0.25, 0.3) is 16.5 Å². The average Bonchev–Trinajstić information content (AvgIpc) is 2.50. The van der Waals surface area contributed by atoms with Crippen molar-refractivity contribution < 1.29 is 9.90 Å². The van der Waals surface area contributed by atoms with E-state index in [2.05, 4.69) is 10.0 Å². The molecule has 72 valence electrons. The van der Waals surface area contributed by atoms with Crippen molar-refractivity contribution in [3.63, 3.8) is 0 Å². The predicted molar refractivity (Wildman–Crippen MR) is 53.8 cm³/mol. The third-order valence-corrected chi connectivity index (χ3v) is 2.36. The summed E-state index contributed by atoms with van der Waals surface area (Å²) >= 11 is 1.44. The van der Waals surface area contributed by atoms with E-state index in [-0.39, 0.29) is 5.70 Å². The lowest BCUT2D eigenvalue weighted by molar-refractivity contribution is -0.132. The molecule has 0 aliphatic rings. The zero-order chi connectivity index (χ0) is 10.6. The number of aryl methyl sites for hydroxylation is 1. The molecular weight excluding hydrogens is 202 g/mol. The molecule has 0 fully saturated rings. The summed E-state index contributed by atoms with van der Waals surface area (Å²) in [6, 6.07) is 3.64. The third kappa shape index (κ3) is 2.62. The molecule has 14 heavy (non-hydrogen) atoms. The Morgan fingerprint density at radius 3 is 2.86 bits per heavy atom. The van der Waals surface area contributed by atoms with Gasteiger partial charge in [0.1, 0.15) is 5.70 Å². The van der Waals surface area contributed by atoms with Crippen molar-refractivity contribution in [2.75, 3.05) is 0 Å². The Balaban J connectivity index is 3.04. The fourth-order valence-corrected chi connectivity index (χ4v) is 1.66. The average molecular weight is 209 g/mol. The fourth-order valence-electron chi connectivity index (χ4n) is 0.847. The van der Waals surface area contributed by atoms with Crippen molar-refractivity contribution in [1.82, 2.24) is 0 Å². The molecule has 0 amide bonds. The van der Waals surface area contributed by atoms with Gasteiger partial charge >= 0.3 is 5.97 Å². The monoisotopic (exact) mass is 209 g/mol. The molecule has 6 heteroatoms. The number of carboxylic acid groups (broad SMARTS) is 1. The van der Waals surface area contributed by atoms with E-state index in [0.29, 0.717) is 0 Å². The summed E-state index contributed by atoms with van der Waals surface area (Å²) in [5.74, 6) is -1.23. The van der Waals surface area contributed by atoms with E-state index in [4.69, 9.17) is 10.6 Å². The molecule has 5 nitrogen and oxygen atoms in total. The Bertz CT molecular complexity index is 426. The van der Waals surface area contributed by atoms with Gasteiger partial charge in [-0.2, -0.15) is 0 Å². The predicted octanol–water partition coefficient (Wildman–Crippen LogP) is 2.79. The Kier molecular flexibility index (Phi) is 3.28. The number of nitrogens with zero attached hydrogens (tertiary/aromatic N) is 3. The highest BCUT2D eigenvalue weighted by Gasteiger charge is 2.04. The normalized spacial score (nSPS) is 10.8. The molecule has 0 saturated carbocycles. The maximum atomic E-state index is 10.6. The zero-order valence-corrected chi connectivity index (χ0v) is 8.15. The van der Waals surface area contributed by atoms with Gasteiger partial charge in [-0.3, -0.25) is 0 Å². The van der Waals surface area contributed by atoms with Gasteiger partial charge in [-0.15, -0.1) is 11.3 Å². The molecule has 0 atom stereocenters. The van der Waals surface area contributed by atoms with Crippen LogP contribution in [0.1, 0.15) is 9.75 Å². The van der Waals surface area contributed by atoms with Crippen LogP contribution in [0.15, 0.2) is 22.9 Å². The molecule has 0 saturated heterocycles. The van der Waals surface area contributed by atoms with Gasteiger partial charge in [0.25, 0.3) is 0 Å². The van der Waals surface area contributed by atoms with E-state index in [1.54, 1.807) is 6.07 Å². The van der Waals surface area contributed by atoms with Crippen LogP contribution in [0, 0.1) is 6.92 Å². The summed E-state index contributed by atoms with van der Waals surface area (Å²) in [7, 11) is 0. The van der Waals surface area contributed by atoms with Gasteiger partial charge in [0.15, 0.2) is 0 Å². The molecule has 0 radical (unpaired) electrons. The van der Waals surface area contributed by atoms with Gasteiger partial charge in [0.2, 0.25) is 0 Å². The molecule has 1 N–H and O–H groups in total. The van der Waals surface area contributed by atoms with E-state index in [1.807, 2.05) is 13.0 Å². The van der Waals surface area contributed by atoms with E-state index in [0.717, 1.165) is 9.75 Å². The second kappa shape index (κ2) is 4.45. The molecule has 1 rings (SSSR count). The van der Waals surface area contributed by atoms with Crippen molar-refractivity contribution >= 4 is 23.4 Å². The number of hydrogen-bond donors (Lipinski definition) is 1. The molecule has 0 bridgehead atoms. The van der Waals surface area contributed by atoms with Gasteiger partial charge in [-0.1, -0.05) is 5.11 Å². The lowest BCUT2D eigenvalue weighted by Crippen LogP contribution is -1.95. The van der Waals surface area contributed by atoms with Gasteiger partial charge in [0, 0.05) is 14.7 Å². The molecule has 1 heterocycles. The Hall–Kier alpha value is -1.78. The number of hydrogen-bond acceptors (Lipinski definition) is 3. The van der Waals surface area contributed by atoms with Crippen LogP contribution >= 0.6 is 11.3 Å². The molecule has 0 unspecified atom stereocenters. The summed E-state index contributed by atoms with van der Waals surface area (Å²) in [5.41, 5.74) is 7.83. The molecule has 1 aromatic heterocycles. The molecule has 0 aliphatic heterocycles. The minimum atomic E-state index is -1.23. The second-order valence-corrected chi connectivity index (χ2v) is 3.79. The first-order valence-corrected chi connectivity index (χ1v) is 4.51. The molecular formula is C8H7N3O2S. The minimum absolute atomic E-state index is 0.297. The summed E-state index contributed by atoms with van der Waals surface area (Å²) in [5, 5.41) is 11.7. The van der Waals surface area contributed by atoms with Crippen molar-refractivity contribution in [2.24, 2.45) is 5.11 Å². The minimum Gasteiger partial charge on any atom is -0.478 e. The summed E-state index contributed by atoms with van der Waals surface area (Å²) < 4.78 is 0. The van der Waals surface area contributed by atoms with Crippen molar-refractivity contribution in [3.05, 3.63) is 38.0 Å². The molecule has 0 aromatic carbocycles. The van der Waals surface area contributed by atoms with E-state index in [9.17, 15) is 4.79 Å². The highest BCUT2D eigenvalue weighted by atomic mass is 32.1. The number of carboxylic acids is 1. The van der Waals surface area contributed by atoms with Crippen LogP contribution in [0.4, 0.5) is 0 Å². The first-order chi connectivity index (χ1) is 6.63. The SMILES string of the molecule is Cc1ccc(/C=C(\N=[N+]=[N-])C(=O)O)s1. The lowest BCUT2D eigenvalue weighted by atomic mass is 10.3. The molecule has 1 aromatic rings. The number of azide groups is 1. The largest absolute Gasteiger partial charge is 0.478 e. The Morgan fingerprint density at radius 2 is 2.43 bits per heavy atom. The highest BCUT2D eigenvalue weighted by molar-refractivity contribution is 7.12. The summed E-state index contributed by atoms with van der Waals surface area (Å²) in [4.78, 5) is 14.8. The first-order valence-electron chi connectivity index (χ1n) is 3.70. The van der Waals surface area contributed by atoms with Crippen molar-refractivity contribution in [3.8, 4) is 0 Å². The van der Waals surface area contributed by atoms with Crippen LogP contribution in [0.2, 0.25) is 0 Å². The fraction of sp³-hybridized carbons (Fsp3) is 0.125. The Labute approximate surface area is 83.9 Å².